The van der Waals surface area contributed by atoms with Crippen molar-refractivity contribution in [1.29, 1.82) is 0 Å². The van der Waals surface area contributed by atoms with Crippen molar-refractivity contribution in [2.24, 2.45) is 0 Å². The molecule has 0 aliphatic carbocycles. The Bertz CT molecular complexity index is 1490. The van der Waals surface area contributed by atoms with Gasteiger partial charge in [0.15, 0.2) is 22.9 Å². The van der Waals surface area contributed by atoms with Gasteiger partial charge < -0.3 is 14.3 Å². The van der Waals surface area contributed by atoms with Crippen LogP contribution >= 0.6 is 22.9 Å². The van der Waals surface area contributed by atoms with Crippen molar-refractivity contribution in [1.82, 2.24) is 0 Å². The van der Waals surface area contributed by atoms with E-state index in [1.807, 2.05) is 0 Å². The third-order valence-electron chi connectivity index (χ3n) is 5.42. The summed E-state index contributed by atoms with van der Waals surface area (Å²) in [5.74, 6) is -4.28. The lowest BCUT2D eigenvalue weighted by molar-refractivity contribution is -0.117. The summed E-state index contributed by atoms with van der Waals surface area (Å²) in [5.41, 5.74) is -0.476. The summed E-state index contributed by atoms with van der Waals surface area (Å²) in [4.78, 5) is 27.9. The lowest BCUT2D eigenvalue weighted by Crippen LogP contribution is -2.31. The first-order chi connectivity index (χ1) is 16.3. The topological polar surface area (TPSA) is 80.0 Å². The zero-order chi connectivity index (χ0) is 24.1. The molecule has 0 bridgehead atoms. The van der Waals surface area contributed by atoms with Crippen molar-refractivity contribution in [3.63, 3.8) is 0 Å². The zero-order valence-corrected chi connectivity index (χ0v) is 18.9. The summed E-state index contributed by atoms with van der Waals surface area (Å²) >= 11 is 7.28. The summed E-state index contributed by atoms with van der Waals surface area (Å²) in [5, 5.41) is 13.3. The number of amides is 1. The highest BCUT2D eigenvalue weighted by atomic mass is 35.5. The predicted molar refractivity (Wildman–Crippen MR) is 123 cm³/mol. The van der Waals surface area contributed by atoms with Gasteiger partial charge in [-0.3, -0.25) is 14.5 Å². The highest BCUT2D eigenvalue weighted by Crippen LogP contribution is 2.45. The Morgan fingerprint density at radius 3 is 2.71 bits per heavy atom. The van der Waals surface area contributed by atoms with Crippen molar-refractivity contribution < 1.29 is 32.6 Å². The summed E-state index contributed by atoms with van der Waals surface area (Å²) < 4.78 is 39.6. The van der Waals surface area contributed by atoms with Gasteiger partial charge >= 0.3 is 0 Å². The molecule has 6 nitrogen and oxygen atoms in total. The minimum atomic E-state index is -1.20. The van der Waals surface area contributed by atoms with E-state index >= 15 is 0 Å². The smallest absolute Gasteiger partial charge is 0.294 e. The normalized spacial score (nSPS) is 16.1. The van der Waals surface area contributed by atoms with Gasteiger partial charge in [-0.2, -0.15) is 0 Å². The first-order valence-corrected chi connectivity index (χ1v) is 11.1. The molecule has 1 aliphatic heterocycles. The highest BCUT2D eigenvalue weighted by Gasteiger charge is 2.46. The van der Waals surface area contributed by atoms with Crippen LogP contribution < -0.4 is 9.64 Å². The quantitative estimate of drug-likeness (QED) is 0.328. The number of thiophene rings is 1. The van der Waals surface area contributed by atoms with Gasteiger partial charge in [0.1, 0.15) is 17.7 Å². The number of nitrogens with zero attached hydrogens (tertiary/aromatic N) is 1. The second-order valence-electron chi connectivity index (χ2n) is 7.42. The average Bonchev–Trinajstić information content (AvgIpc) is 3.54. The van der Waals surface area contributed by atoms with E-state index in [2.05, 4.69) is 0 Å². The summed E-state index contributed by atoms with van der Waals surface area (Å²) in [6.07, 6.45) is 0. The van der Waals surface area contributed by atoms with Crippen LogP contribution in [0.5, 0.6) is 5.75 Å². The van der Waals surface area contributed by atoms with Crippen molar-refractivity contribution in [3.05, 3.63) is 92.5 Å². The molecule has 34 heavy (non-hydrogen) atoms. The van der Waals surface area contributed by atoms with Gasteiger partial charge in [0, 0.05) is 27.4 Å². The lowest BCUT2D eigenvalue weighted by Gasteiger charge is -2.25. The Hall–Kier alpha value is -3.69. The predicted octanol–water partition coefficient (Wildman–Crippen LogP) is 6.22. The number of Topliss-reactive ketones (excluding diaryl/α,β-unsaturated/α-hetero) is 1. The summed E-state index contributed by atoms with van der Waals surface area (Å²) in [6.45, 7) is 0. The number of hydrogen-bond donors (Lipinski definition) is 1. The number of carbonyl (C=O) groups excluding carboxylic acids is 2. The average molecular weight is 502 g/mol. The number of hydrogen-bond acceptors (Lipinski definition) is 6. The number of furan rings is 1. The fraction of sp³-hybridized carbons (Fsp3) is 0.0833. The monoisotopic (exact) mass is 501 g/mol. The lowest BCUT2D eigenvalue weighted by atomic mass is 10.00. The van der Waals surface area contributed by atoms with E-state index < -0.39 is 40.8 Å². The van der Waals surface area contributed by atoms with Crippen LogP contribution in [0.1, 0.15) is 21.5 Å². The molecule has 0 radical (unpaired) electrons. The molecular weight excluding hydrogens is 488 g/mol. The maximum Gasteiger partial charge on any atom is 0.294 e. The van der Waals surface area contributed by atoms with Crippen LogP contribution in [0, 0.1) is 11.6 Å². The van der Waals surface area contributed by atoms with E-state index in [9.17, 15) is 23.5 Å². The van der Waals surface area contributed by atoms with Crippen LogP contribution in [0.25, 0.3) is 11.0 Å². The van der Waals surface area contributed by atoms with E-state index in [0.717, 1.165) is 23.1 Å². The van der Waals surface area contributed by atoms with Gasteiger partial charge in [0.25, 0.3) is 5.91 Å². The fourth-order valence-corrected chi connectivity index (χ4v) is 4.99. The first-order valence-electron chi connectivity index (χ1n) is 9.87. The largest absolute Gasteiger partial charge is 0.503 e. The number of ketones is 1. The molecule has 4 aromatic rings. The Labute approximate surface area is 200 Å². The zero-order valence-electron chi connectivity index (χ0n) is 17.3. The molecule has 0 saturated heterocycles. The molecule has 1 aliphatic rings. The van der Waals surface area contributed by atoms with Crippen LogP contribution in [0.2, 0.25) is 5.02 Å². The molecule has 0 fully saturated rings. The van der Waals surface area contributed by atoms with Crippen molar-refractivity contribution >= 4 is 51.3 Å². The Morgan fingerprint density at radius 1 is 1.21 bits per heavy atom. The molecule has 2 aromatic carbocycles. The molecule has 3 heterocycles. The molecule has 2 aromatic heterocycles. The number of methoxy groups -OCH3 is 1. The van der Waals surface area contributed by atoms with E-state index in [0.29, 0.717) is 21.0 Å². The van der Waals surface area contributed by atoms with Gasteiger partial charge in [-0.25, -0.2) is 8.78 Å². The number of aliphatic hydroxyl groups excluding tert-OH is 1. The van der Waals surface area contributed by atoms with E-state index in [-0.39, 0.29) is 16.9 Å². The number of ether oxygens (including phenoxy) is 1. The maximum absolute atomic E-state index is 14.7. The van der Waals surface area contributed by atoms with Crippen molar-refractivity contribution in [2.45, 2.75) is 6.04 Å². The van der Waals surface area contributed by atoms with Crippen LogP contribution in [0.15, 0.2) is 69.7 Å². The SMILES string of the molecule is COc1cc(Cl)cc2cc(C(=O)C3=C(O)C(=O)N(c4cc(F)ccc4F)C3c3cccs3)oc12. The van der Waals surface area contributed by atoms with Crippen molar-refractivity contribution in [2.75, 3.05) is 12.0 Å². The minimum Gasteiger partial charge on any atom is -0.503 e. The van der Waals surface area contributed by atoms with E-state index in [1.54, 1.807) is 23.6 Å². The minimum absolute atomic E-state index is 0.187. The van der Waals surface area contributed by atoms with Gasteiger partial charge in [0.2, 0.25) is 5.78 Å². The molecule has 0 saturated carbocycles. The number of carbonyl (C=O) groups is 2. The van der Waals surface area contributed by atoms with Crippen LogP contribution in [0.4, 0.5) is 14.5 Å². The molecule has 10 heteroatoms. The Kier molecular flexibility index (Phi) is 5.38. The van der Waals surface area contributed by atoms with Crippen molar-refractivity contribution in [3.8, 4) is 5.75 Å². The Balaban J connectivity index is 1.67. The number of anilines is 1. The molecule has 1 amide bonds. The molecule has 172 valence electrons. The summed E-state index contributed by atoms with van der Waals surface area (Å²) in [7, 11) is 1.41. The number of rotatable bonds is 5. The van der Waals surface area contributed by atoms with Gasteiger partial charge in [-0.15, -0.1) is 11.3 Å². The number of fused-ring (bicyclic) bond motifs is 1. The third-order valence-corrected chi connectivity index (χ3v) is 6.57. The number of halogens is 3. The number of benzene rings is 2. The second kappa shape index (κ2) is 8.27. The molecule has 5 rings (SSSR count). The first kappa shape index (κ1) is 22.1. The standard InChI is InChI=1S/C24H14ClF2NO5S/c1-32-17-9-12(25)7-11-8-16(33-23(11)17)21(29)19-20(18-3-2-6-34-18)28(24(31)22(19)30)15-10-13(26)4-5-14(15)27/h2-10,20,30H,1H3. The molecular formula is C24H14ClF2NO5S. The van der Waals surface area contributed by atoms with Crippen LogP contribution in [-0.4, -0.2) is 23.9 Å². The van der Waals surface area contributed by atoms with E-state index in [4.69, 9.17) is 20.8 Å². The van der Waals surface area contributed by atoms with Gasteiger partial charge in [0.05, 0.1) is 18.4 Å². The molecule has 1 N–H and O–H groups in total. The Morgan fingerprint density at radius 2 is 2.00 bits per heavy atom. The van der Waals surface area contributed by atoms with E-state index in [1.165, 1.54) is 30.6 Å². The van der Waals surface area contributed by atoms with Crippen LogP contribution in [0.3, 0.4) is 0 Å². The second-order valence-corrected chi connectivity index (χ2v) is 8.83. The molecule has 1 unspecified atom stereocenters. The van der Waals surface area contributed by atoms with Gasteiger partial charge in [-0.1, -0.05) is 17.7 Å². The highest BCUT2D eigenvalue weighted by molar-refractivity contribution is 7.10. The van der Waals surface area contributed by atoms with Crippen LogP contribution in [-0.2, 0) is 4.79 Å². The number of aliphatic hydroxyl groups is 1. The van der Waals surface area contributed by atoms with Gasteiger partial charge in [-0.05, 0) is 35.7 Å². The maximum atomic E-state index is 14.7. The fourth-order valence-electron chi connectivity index (χ4n) is 3.95. The summed E-state index contributed by atoms with van der Waals surface area (Å²) in [6, 6.07) is 9.21. The third kappa shape index (κ3) is 3.44. The molecule has 0 spiro atoms. The molecule has 1 atom stereocenters.